The van der Waals surface area contributed by atoms with Gasteiger partial charge in [-0.05, 0) is 18.9 Å². The highest BCUT2D eigenvalue weighted by Crippen LogP contribution is 2.17. The first kappa shape index (κ1) is 12.7. The van der Waals surface area contributed by atoms with E-state index in [-0.39, 0.29) is 0 Å². The number of aromatic nitrogens is 1. The second kappa shape index (κ2) is 6.23. The van der Waals surface area contributed by atoms with Crippen molar-refractivity contribution >= 4 is 5.96 Å². The van der Waals surface area contributed by atoms with Crippen LogP contribution in [0.1, 0.15) is 31.4 Å². The number of nitrogens with zero attached hydrogens (tertiary/aromatic N) is 2. The molecule has 0 spiro atoms. The van der Waals surface area contributed by atoms with Gasteiger partial charge in [-0.1, -0.05) is 18.9 Å². The maximum Gasteiger partial charge on any atom is 0.213 e. The summed E-state index contributed by atoms with van der Waals surface area (Å²) in [5.41, 5.74) is 6.70. The van der Waals surface area contributed by atoms with Crippen LogP contribution in [0.3, 0.4) is 0 Å². The first-order valence-electron chi connectivity index (χ1n) is 6.34. The van der Waals surface area contributed by atoms with Crippen LogP contribution in [0.25, 0.3) is 0 Å². The number of guanidine groups is 1. The molecule has 2 rings (SSSR count). The molecule has 1 aliphatic carbocycles. The molecule has 0 unspecified atom stereocenters. The van der Waals surface area contributed by atoms with Gasteiger partial charge < -0.3 is 15.8 Å². The predicted octanol–water partition coefficient (Wildman–Crippen LogP) is 1.44. The number of methoxy groups -OCH3 is 1. The van der Waals surface area contributed by atoms with Gasteiger partial charge in [0.25, 0.3) is 0 Å². The van der Waals surface area contributed by atoms with E-state index in [1.54, 1.807) is 7.11 Å². The fraction of sp³-hybridized carbons (Fsp3) is 0.538. The Hall–Kier alpha value is -1.78. The highest BCUT2D eigenvalue weighted by atomic mass is 16.5. The Morgan fingerprint density at radius 1 is 1.50 bits per heavy atom. The van der Waals surface area contributed by atoms with Crippen LogP contribution in [0.15, 0.2) is 23.2 Å². The summed E-state index contributed by atoms with van der Waals surface area (Å²) in [5, 5.41) is 3.25. The maximum absolute atomic E-state index is 5.85. The minimum atomic E-state index is 0.475. The van der Waals surface area contributed by atoms with Crippen LogP contribution in [0.2, 0.25) is 0 Å². The number of hydrogen-bond donors (Lipinski definition) is 2. The van der Waals surface area contributed by atoms with Crippen molar-refractivity contribution in [2.45, 2.75) is 38.3 Å². The highest BCUT2D eigenvalue weighted by Gasteiger charge is 2.14. The zero-order valence-electron chi connectivity index (χ0n) is 10.7. The lowest BCUT2D eigenvalue weighted by atomic mass is 10.2. The Morgan fingerprint density at radius 2 is 2.28 bits per heavy atom. The lowest BCUT2D eigenvalue weighted by Gasteiger charge is -2.12. The molecule has 1 heterocycles. The van der Waals surface area contributed by atoms with Gasteiger partial charge in [0, 0.05) is 12.1 Å². The topological polar surface area (TPSA) is 72.5 Å². The van der Waals surface area contributed by atoms with Gasteiger partial charge in [-0.25, -0.2) is 9.98 Å². The molecule has 1 aromatic rings. The molecule has 0 saturated heterocycles. The Kier molecular flexibility index (Phi) is 4.39. The first-order valence-corrected chi connectivity index (χ1v) is 6.34. The third-order valence-corrected chi connectivity index (χ3v) is 3.11. The summed E-state index contributed by atoms with van der Waals surface area (Å²) in [6, 6.07) is 6.12. The molecule has 1 aromatic heterocycles. The van der Waals surface area contributed by atoms with Crippen molar-refractivity contribution in [2.24, 2.45) is 10.7 Å². The van der Waals surface area contributed by atoms with Crippen molar-refractivity contribution in [2.75, 3.05) is 7.11 Å². The summed E-state index contributed by atoms with van der Waals surface area (Å²) >= 11 is 0. The van der Waals surface area contributed by atoms with Gasteiger partial charge >= 0.3 is 0 Å². The van der Waals surface area contributed by atoms with E-state index in [1.807, 2.05) is 18.2 Å². The van der Waals surface area contributed by atoms with E-state index >= 15 is 0 Å². The van der Waals surface area contributed by atoms with Crippen molar-refractivity contribution in [3.8, 4) is 5.88 Å². The van der Waals surface area contributed by atoms with Gasteiger partial charge in [0.1, 0.15) is 0 Å². The van der Waals surface area contributed by atoms with Gasteiger partial charge in [-0.15, -0.1) is 0 Å². The molecule has 5 heteroatoms. The molecule has 5 nitrogen and oxygen atoms in total. The molecule has 0 aromatic carbocycles. The Morgan fingerprint density at radius 3 is 3.00 bits per heavy atom. The summed E-state index contributed by atoms with van der Waals surface area (Å²) in [6.07, 6.45) is 4.94. The average Bonchev–Trinajstić information content (AvgIpc) is 2.89. The Balaban J connectivity index is 1.87. The van der Waals surface area contributed by atoms with Crippen LogP contribution in [-0.4, -0.2) is 24.1 Å². The van der Waals surface area contributed by atoms with E-state index in [2.05, 4.69) is 15.3 Å². The quantitative estimate of drug-likeness (QED) is 0.624. The van der Waals surface area contributed by atoms with E-state index in [9.17, 15) is 0 Å². The van der Waals surface area contributed by atoms with Crippen molar-refractivity contribution in [1.29, 1.82) is 0 Å². The van der Waals surface area contributed by atoms with Gasteiger partial charge in [0.15, 0.2) is 5.96 Å². The molecule has 1 saturated carbocycles. The highest BCUT2D eigenvalue weighted by molar-refractivity contribution is 5.78. The minimum absolute atomic E-state index is 0.475. The van der Waals surface area contributed by atoms with Crippen molar-refractivity contribution in [3.05, 3.63) is 23.9 Å². The summed E-state index contributed by atoms with van der Waals surface area (Å²) in [7, 11) is 1.60. The molecule has 0 aliphatic heterocycles. The molecular weight excluding hydrogens is 228 g/mol. The Bertz CT molecular complexity index is 413. The van der Waals surface area contributed by atoms with Crippen LogP contribution in [0.5, 0.6) is 5.88 Å². The predicted molar refractivity (Wildman–Crippen MR) is 71.5 cm³/mol. The van der Waals surface area contributed by atoms with Gasteiger partial charge in [-0.3, -0.25) is 0 Å². The number of pyridine rings is 1. The van der Waals surface area contributed by atoms with Crippen LogP contribution < -0.4 is 15.8 Å². The smallest absolute Gasteiger partial charge is 0.213 e. The first-order chi connectivity index (χ1) is 8.78. The van der Waals surface area contributed by atoms with Gasteiger partial charge in [0.2, 0.25) is 5.88 Å². The lowest BCUT2D eigenvalue weighted by Crippen LogP contribution is -2.38. The molecule has 0 bridgehead atoms. The van der Waals surface area contributed by atoms with E-state index in [0.29, 0.717) is 24.4 Å². The summed E-state index contributed by atoms with van der Waals surface area (Å²) in [6.45, 7) is 0.475. The second-order valence-electron chi connectivity index (χ2n) is 4.50. The molecule has 0 amide bonds. The van der Waals surface area contributed by atoms with Gasteiger partial charge in [0.05, 0.1) is 19.3 Å². The minimum Gasteiger partial charge on any atom is -0.481 e. The molecule has 0 radical (unpaired) electrons. The van der Waals surface area contributed by atoms with Crippen LogP contribution in [0.4, 0.5) is 0 Å². The number of ether oxygens (including phenoxy) is 1. The SMILES string of the molecule is COc1cccc(CN=C(N)NC2CCCC2)n1. The van der Waals surface area contributed by atoms with E-state index < -0.39 is 0 Å². The van der Waals surface area contributed by atoms with Crippen LogP contribution in [0, 0.1) is 0 Å². The number of nitrogens with one attached hydrogen (secondary N) is 1. The van der Waals surface area contributed by atoms with Crippen molar-refractivity contribution in [1.82, 2.24) is 10.3 Å². The van der Waals surface area contributed by atoms with E-state index in [1.165, 1.54) is 25.7 Å². The zero-order chi connectivity index (χ0) is 12.8. The number of rotatable bonds is 4. The lowest BCUT2D eigenvalue weighted by molar-refractivity contribution is 0.396. The van der Waals surface area contributed by atoms with Crippen LogP contribution >= 0.6 is 0 Å². The molecule has 98 valence electrons. The largest absolute Gasteiger partial charge is 0.481 e. The maximum atomic E-state index is 5.85. The Labute approximate surface area is 107 Å². The fourth-order valence-electron chi connectivity index (χ4n) is 2.15. The molecule has 18 heavy (non-hydrogen) atoms. The zero-order valence-corrected chi connectivity index (χ0v) is 10.7. The molecular formula is C13H20N4O. The normalized spacial score (nSPS) is 16.8. The summed E-state index contributed by atoms with van der Waals surface area (Å²) in [4.78, 5) is 8.58. The van der Waals surface area contributed by atoms with Gasteiger partial charge in [-0.2, -0.15) is 0 Å². The standard InChI is InChI=1S/C13H20N4O/c1-18-12-8-4-7-11(16-12)9-15-13(14)17-10-5-2-3-6-10/h4,7-8,10H,2-3,5-6,9H2,1H3,(H3,14,15,17). The third kappa shape index (κ3) is 3.61. The van der Waals surface area contributed by atoms with Crippen molar-refractivity contribution < 1.29 is 4.74 Å². The molecule has 1 fully saturated rings. The fourth-order valence-corrected chi connectivity index (χ4v) is 2.15. The second-order valence-corrected chi connectivity index (χ2v) is 4.50. The van der Waals surface area contributed by atoms with Crippen LogP contribution in [-0.2, 0) is 6.54 Å². The molecule has 1 aliphatic rings. The molecule has 0 atom stereocenters. The average molecular weight is 248 g/mol. The summed E-state index contributed by atoms with van der Waals surface area (Å²) in [5.74, 6) is 1.11. The van der Waals surface area contributed by atoms with E-state index in [0.717, 1.165) is 5.69 Å². The van der Waals surface area contributed by atoms with Crippen molar-refractivity contribution in [3.63, 3.8) is 0 Å². The summed E-state index contributed by atoms with van der Waals surface area (Å²) < 4.78 is 5.06. The number of hydrogen-bond acceptors (Lipinski definition) is 3. The van der Waals surface area contributed by atoms with E-state index in [4.69, 9.17) is 10.5 Å². The third-order valence-electron chi connectivity index (χ3n) is 3.11. The number of aliphatic imine (C=N–C) groups is 1. The number of nitrogens with two attached hydrogens (primary N) is 1. The monoisotopic (exact) mass is 248 g/mol. The molecule has 3 N–H and O–H groups in total.